The zero-order chi connectivity index (χ0) is 21.2. The summed E-state index contributed by atoms with van der Waals surface area (Å²) in [5.74, 6) is 2.13. The summed E-state index contributed by atoms with van der Waals surface area (Å²) < 4.78 is 0. The lowest BCUT2D eigenvalue weighted by Gasteiger charge is -2.32. The molecule has 2 bridgehead atoms. The number of benzene rings is 1. The van der Waals surface area contributed by atoms with Crippen LogP contribution in [0.4, 0.5) is 29.0 Å². The summed E-state index contributed by atoms with van der Waals surface area (Å²) in [4.78, 5) is 18.6. The van der Waals surface area contributed by atoms with Crippen molar-refractivity contribution in [3.05, 3.63) is 59.4 Å². The van der Waals surface area contributed by atoms with Crippen molar-refractivity contribution in [3.8, 4) is 0 Å². The molecule has 0 aliphatic carbocycles. The van der Waals surface area contributed by atoms with Gasteiger partial charge in [0.2, 0.25) is 5.95 Å². The molecule has 160 valence electrons. The van der Waals surface area contributed by atoms with Gasteiger partial charge >= 0.3 is 0 Å². The minimum Gasteiger partial charge on any atom is -0.351 e. The van der Waals surface area contributed by atoms with Gasteiger partial charge in [-0.1, -0.05) is 29.8 Å². The van der Waals surface area contributed by atoms with Crippen molar-refractivity contribution in [1.82, 2.24) is 19.9 Å². The first kappa shape index (κ1) is 20.0. The predicted molar refractivity (Wildman–Crippen MR) is 126 cm³/mol. The highest BCUT2D eigenvalue weighted by molar-refractivity contribution is 6.33. The van der Waals surface area contributed by atoms with Crippen molar-refractivity contribution >= 4 is 40.6 Å². The lowest BCUT2D eigenvalue weighted by atomic mass is 10.1. The van der Waals surface area contributed by atoms with Crippen molar-refractivity contribution in [3.63, 3.8) is 0 Å². The van der Waals surface area contributed by atoms with E-state index < -0.39 is 0 Å². The van der Waals surface area contributed by atoms with E-state index in [0.29, 0.717) is 17.0 Å². The standard InChI is InChI=1S/C23H26ClN7/c1-16-14-26-23(29-21(16)27-17-5-3-2-4-6-17)28-18-13-20(24)22(25-15-18)31-12-11-30-9-7-19(31)8-10-30/h2-6,13-15,19H,7-12H2,1H3,(H2,26,27,28,29). The second-order valence-electron chi connectivity index (χ2n) is 8.14. The minimum atomic E-state index is 0.496. The van der Waals surface area contributed by atoms with Gasteiger partial charge in [-0.3, -0.25) is 0 Å². The summed E-state index contributed by atoms with van der Waals surface area (Å²) in [6.45, 7) is 6.36. The first-order valence-electron chi connectivity index (χ1n) is 10.7. The normalized spacial score (nSPS) is 20.4. The van der Waals surface area contributed by atoms with E-state index in [1.54, 1.807) is 6.20 Å². The van der Waals surface area contributed by atoms with Gasteiger partial charge in [0.1, 0.15) is 11.6 Å². The number of hydrogen-bond donors (Lipinski definition) is 2. The molecule has 3 fully saturated rings. The van der Waals surface area contributed by atoms with E-state index >= 15 is 0 Å². The van der Waals surface area contributed by atoms with Crippen molar-refractivity contribution in [2.24, 2.45) is 0 Å². The summed E-state index contributed by atoms with van der Waals surface area (Å²) in [6, 6.07) is 12.4. The van der Waals surface area contributed by atoms with Crippen LogP contribution in [0, 0.1) is 6.92 Å². The van der Waals surface area contributed by atoms with Crippen LogP contribution in [0.3, 0.4) is 0 Å². The van der Waals surface area contributed by atoms with Gasteiger partial charge < -0.3 is 20.4 Å². The third-order valence-electron chi connectivity index (χ3n) is 6.01. The number of aromatic nitrogens is 3. The summed E-state index contributed by atoms with van der Waals surface area (Å²) in [5.41, 5.74) is 2.71. The monoisotopic (exact) mass is 435 g/mol. The number of pyridine rings is 1. The third-order valence-corrected chi connectivity index (χ3v) is 6.29. The fourth-order valence-corrected chi connectivity index (χ4v) is 4.57. The van der Waals surface area contributed by atoms with E-state index in [-0.39, 0.29) is 0 Å². The molecule has 2 aromatic heterocycles. The number of fused-ring (bicyclic) bond motifs is 4. The number of hydrogen-bond acceptors (Lipinski definition) is 7. The Balaban J connectivity index is 1.33. The molecule has 3 aromatic rings. The zero-order valence-corrected chi connectivity index (χ0v) is 18.3. The van der Waals surface area contributed by atoms with Gasteiger partial charge in [-0.2, -0.15) is 4.98 Å². The topological polar surface area (TPSA) is 69.2 Å². The quantitative estimate of drug-likeness (QED) is 0.606. The van der Waals surface area contributed by atoms with Gasteiger partial charge in [-0.15, -0.1) is 0 Å². The van der Waals surface area contributed by atoms with Crippen molar-refractivity contribution in [2.45, 2.75) is 25.8 Å². The van der Waals surface area contributed by atoms with E-state index in [9.17, 15) is 0 Å². The van der Waals surface area contributed by atoms with Gasteiger partial charge in [0.15, 0.2) is 0 Å². The van der Waals surface area contributed by atoms with E-state index in [1.165, 1.54) is 25.9 Å². The SMILES string of the molecule is Cc1cnc(Nc2cnc(N3CCN4CCC3CC4)c(Cl)c2)nc1Nc1ccccc1. The molecule has 0 unspecified atom stereocenters. The average molecular weight is 436 g/mol. The van der Waals surface area contributed by atoms with E-state index in [0.717, 1.165) is 41.7 Å². The fourth-order valence-electron chi connectivity index (χ4n) is 4.29. The van der Waals surface area contributed by atoms with Crippen LogP contribution in [0.1, 0.15) is 18.4 Å². The summed E-state index contributed by atoms with van der Waals surface area (Å²) in [7, 11) is 0. The molecule has 2 N–H and O–H groups in total. The maximum atomic E-state index is 6.67. The molecule has 8 heteroatoms. The molecule has 31 heavy (non-hydrogen) atoms. The molecule has 0 atom stereocenters. The smallest absolute Gasteiger partial charge is 0.229 e. The molecular formula is C23H26ClN7. The van der Waals surface area contributed by atoms with Crippen LogP contribution in [0.5, 0.6) is 0 Å². The number of rotatable bonds is 5. The molecule has 3 saturated heterocycles. The van der Waals surface area contributed by atoms with Gasteiger partial charge in [0.05, 0.1) is 16.9 Å². The van der Waals surface area contributed by atoms with E-state index in [2.05, 4.69) is 30.4 Å². The van der Waals surface area contributed by atoms with Gasteiger partial charge in [0, 0.05) is 49.7 Å². The second kappa shape index (κ2) is 8.69. The molecule has 7 nitrogen and oxygen atoms in total. The maximum Gasteiger partial charge on any atom is 0.229 e. The first-order chi connectivity index (χ1) is 15.2. The number of nitrogens with one attached hydrogen (secondary N) is 2. The number of anilines is 5. The summed E-state index contributed by atoms with van der Waals surface area (Å²) >= 11 is 6.67. The number of piperidine rings is 1. The summed E-state index contributed by atoms with van der Waals surface area (Å²) in [6.07, 6.45) is 5.96. The van der Waals surface area contributed by atoms with Crippen LogP contribution >= 0.6 is 11.6 Å². The van der Waals surface area contributed by atoms with Gasteiger partial charge in [0.25, 0.3) is 0 Å². The number of halogens is 1. The maximum absolute atomic E-state index is 6.67. The van der Waals surface area contributed by atoms with Crippen molar-refractivity contribution in [1.29, 1.82) is 0 Å². The number of para-hydroxylation sites is 1. The number of nitrogens with zero attached hydrogens (tertiary/aromatic N) is 5. The first-order valence-corrected chi connectivity index (χ1v) is 11.1. The Bertz CT molecular complexity index is 1050. The molecule has 0 amide bonds. The highest BCUT2D eigenvalue weighted by atomic mass is 35.5. The zero-order valence-electron chi connectivity index (χ0n) is 17.6. The molecule has 0 spiro atoms. The van der Waals surface area contributed by atoms with Crippen LogP contribution in [0.15, 0.2) is 48.8 Å². The second-order valence-corrected chi connectivity index (χ2v) is 8.54. The van der Waals surface area contributed by atoms with Crippen molar-refractivity contribution in [2.75, 3.05) is 41.7 Å². The van der Waals surface area contributed by atoms with E-state index in [4.69, 9.17) is 16.6 Å². The Labute approximate surface area is 187 Å². The molecule has 3 aliphatic rings. The third kappa shape index (κ3) is 4.43. The Hall–Kier alpha value is -2.90. The molecule has 3 aliphatic heterocycles. The lowest BCUT2D eigenvalue weighted by molar-refractivity contribution is 0.250. The molecule has 0 radical (unpaired) electrons. The van der Waals surface area contributed by atoms with Crippen molar-refractivity contribution < 1.29 is 0 Å². The predicted octanol–water partition coefficient (Wildman–Crippen LogP) is 4.61. The highest BCUT2D eigenvalue weighted by Gasteiger charge is 2.30. The Kier molecular flexibility index (Phi) is 5.61. The van der Waals surface area contributed by atoms with Crippen LogP contribution in [-0.4, -0.2) is 52.1 Å². The Morgan fingerprint density at radius 2 is 1.74 bits per heavy atom. The Morgan fingerprint density at radius 1 is 0.935 bits per heavy atom. The molecule has 5 heterocycles. The average Bonchev–Trinajstić information content (AvgIpc) is 3.11. The van der Waals surface area contributed by atoms with Crippen LogP contribution < -0.4 is 15.5 Å². The highest BCUT2D eigenvalue weighted by Crippen LogP contribution is 2.32. The van der Waals surface area contributed by atoms with Crippen LogP contribution in [0.2, 0.25) is 5.02 Å². The van der Waals surface area contributed by atoms with E-state index in [1.807, 2.05) is 49.5 Å². The largest absolute Gasteiger partial charge is 0.351 e. The fraction of sp³-hybridized carbons (Fsp3) is 0.348. The molecular weight excluding hydrogens is 410 g/mol. The Morgan fingerprint density at radius 3 is 2.52 bits per heavy atom. The van der Waals surface area contributed by atoms with Crippen LogP contribution in [-0.2, 0) is 0 Å². The minimum absolute atomic E-state index is 0.496. The molecule has 6 rings (SSSR count). The molecule has 1 aromatic carbocycles. The summed E-state index contributed by atoms with van der Waals surface area (Å²) in [5, 5.41) is 7.23. The molecule has 0 saturated carbocycles. The number of aryl methyl sites for hydroxylation is 1. The lowest BCUT2D eigenvalue weighted by Crippen LogP contribution is -2.38. The van der Waals surface area contributed by atoms with Gasteiger partial charge in [-0.05, 0) is 38.0 Å². The van der Waals surface area contributed by atoms with Crippen LogP contribution in [0.25, 0.3) is 0 Å². The van der Waals surface area contributed by atoms with Gasteiger partial charge in [-0.25, -0.2) is 9.97 Å².